The second kappa shape index (κ2) is 8.92. The molecule has 2 aromatic carbocycles. The molecule has 0 saturated heterocycles. The summed E-state index contributed by atoms with van der Waals surface area (Å²) in [7, 11) is 3.19. The van der Waals surface area contributed by atoms with Gasteiger partial charge < -0.3 is 19.9 Å². The summed E-state index contributed by atoms with van der Waals surface area (Å²) < 4.78 is 10.5. The molecule has 0 heterocycles. The van der Waals surface area contributed by atoms with Crippen molar-refractivity contribution in [3.05, 3.63) is 58.6 Å². The first-order valence-corrected chi connectivity index (χ1v) is 8.29. The Balaban J connectivity index is 1.94. The zero-order valence-corrected chi connectivity index (χ0v) is 15.0. The molecule has 2 aromatic rings. The van der Waals surface area contributed by atoms with E-state index in [1.54, 1.807) is 26.4 Å². The number of methoxy groups -OCH3 is 2. The number of hydrogen-bond donors (Lipinski definition) is 2. The fourth-order valence-electron chi connectivity index (χ4n) is 2.58. The first kappa shape index (κ1) is 18.6. The molecule has 0 spiro atoms. The van der Waals surface area contributed by atoms with Crippen LogP contribution in [0.4, 0.5) is 0 Å². The van der Waals surface area contributed by atoms with Crippen molar-refractivity contribution in [3.8, 4) is 11.5 Å². The van der Waals surface area contributed by atoms with Crippen molar-refractivity contribution in [2.75, 3.05) is 27.3 Å². The van der Waals surface area contributed by atoms with E-state index in [2.05, 4.69) is 18.3 Å². The first-order valence-electron chi connectivity index (χ1n) is 7.91. The second-order valence-corrected chi connectivity index (χ2v) is 6.17. The molecule has 0 saturated carbocycles. The van der Waals surface area contributed by atoms with E-state index in [1.165, 1.54) is 5.56 Å². The van der Waals surface area contributed by atoms with Gasteiger partial charge in [0.25, 0.3) is 0 Å². The number of benzene rings is 2. The third-order valence-electron chi connectivity index (χ3n) is 4.00. The van der Waals surface area contributed by atoms with Crippen LogP contribution in [-0.4, -0.2) is 32.4 Å². The molecule has 0 bridgehead atoms. The van der Waals surface area contributed by atoms with Gasteiger partial charge in [-0.3, -0.25) is 0 Å². The number of rotatable bonds is 8. The van der Waals surface area contributed by atoms with Crippen LogP contribution in [0.3, 0.4) is 0 Å². The molecule has 0 aliphatic carbocycles. The number of ether oxygens (including phenoxy) is 2. The average Bonchev–Trinajstić information content (AvgIpc) is 2.60. The largest absolute Gasteiger partial charge is 0.497 e. The average molecular weight is 350 g/mol. The zero-order valence-electron chi connectivity index (χ0n) is 14.3. The van der Waals surface area contributed by atoms with E-state index >= 15 is 0 Å². The number of aliphatic hydroxyl groups is 1. The molecule has 0 unspecified atom stereocenters. The highest BCUT2D eigenvalue weighted by Gasteiger charge is 2.15. The van der Waals surface area contributed by atoms with Crippen LogP contribution < -0.4 is 14.8 Å². The van der Waals surface area contributed by atoms with Crippen LogP contribution >= 0.6 is 11.6 Å². The molecule has 0 amide bonds. The normalized spacial score (nSPS) is 13.4. The van der Waals surface area contributed by atoms with Crippen molar-refractivity contribution in [2.24, 2.45) is 0 Å². The predicted molar refractivity (Wildman–Crippen MR) is 97.2 cm³/mol. The van der Waals surface area contributed by atoms with Gasteiger partial charge in [0.1, 0.15) is 11.5 Å². The van der Waals surface area contributed by atoms with Crippen LogP contribution in [0.25, 0.3) is 0 Å². The van der Waals surface area contributed by atoms with Gasteiger partial charge in [0, 0.05) is 23.7 Å². The lowest BCUT2D eigenvalue weighted by Gasteiger charge is -2.18. The summed E-state index contributed by atoms with van der Waals surface area (Å²) in [5.41, 5.74) is 1.88. The summed E-state index contributed by atoms with van der Waals surface area (Å²) in [5.74, 6) is 1.63. The highest BCUT2D eigenvalue weighted by atomic mass is 35.5. The van der Waals surface area contributed by atoms with Gasteiger partial charge in [0.2, 0.25) is 0 Å². The van der Waals surface area contributed by atoms with Crippen LogP contribution in [0, 0.1) is 0 Å². The topological polar surface area (TPSA) is 50.7 Å². The molecule has 5 heteroatoms. The maximum Gasteiger partial charge on any atom is 0.124 e. The van der Waals surface area contributed by atoms with Crippen LogP contribution in [0.15, 0.2) is 42.5 Å². The third kappa shape index (κ3) is 4.87. The van der Waals surface area contributed by atoms with Gasteiger partial charge in [-0.1, -0.05) is 30.7 Å². The Labute approximate surface area is 148 Å². The van der Waals surface area contributed by atoms with E-state index in [4.69, 9.17) is 21.1 Å². The molecule has 130 valence electrons. The predicted octanol–water partition coefficient (Wildman–Crippen LogP) is 3.78. The summed E-state index contributed by atoms with van der Waals surface area (Å²) in [6, 6.07) is 13.2. The molecule has 2 N–H and O–H groups in total. The highest BCUT2D eigenvalue weighted by molar-refractivity contribution is 6.30. The Bertz CT molecular complexity index is 663. The van der Waals surface area contributed by atoms with Gasteiger partial charge in [-0.05, 0) is 41.8 Å². The van der Waals surface area contributed by atoms with Crippen molar-refractivity contribution in [1.82, 2.24) is 5.32 Å². The molecular weight excluding hydrogens is 326 g/mol. The van der Waals surface area contributed by atoms with Crippen molar-refractivity contribution in [1.29, 1.82) is 0 Å². The monoisotopic (exact) mass is 349 g/mol. The molecule has 0 radical (unpaired) electrons. The quantitative estimate of drug-likeness (QED) is 0.761. The Morgan fingerprint density at radius 1 is 1.08 bits per heavy atom. The van der Waals surface area contributed by atoms with Gasteiger partial charge >= 0.3 is 0 Å². The molecule has 2 atom stereocenters. The summed E-state index contributed by atoms with van der Waals surface area (Å²) >= 11 is 6.03. The molecule has 2 rings (SSSR count). The lowest BCUT2D eigenvalue weighted by atomic mass is 10.0. The SMILES string of the molecule is COc1ccc(OC)c([C@H](O)CNC[C@H](C)c2cccc(Cl)c2)c1. The number of hydrogen-bond acceptors (Lipinski definition) is 4. The van der Waals surface area contributed by atoms with E-state index in [9.17, 15) is 5.11 Å². The van der Waals surface area contributed by atoms with Crippen molar-refractivity contribution in [2.45, 2.75) is 18.9 Å². The lowest BCUT2D eigenvalue weighted by Crippen LogP contribution is -2.25. The van der Waals surface area contributed by atoms with Gasteiger partial charge in [0.15, 0.2) is 0 Å². The van der Waals surface area contributed by atoms with Gasteiger partial charge in [-0.25, -0.2) is 0 Å². The molecule has 24 heavy (non-hydrogen) atoms. The fraction of sp³-hybridized carbons (Fsp3) is 0.368. The minimum atomic E-state index is -0.679. The zero-order chi connectivity index (χ0) is 17.5. The number of nitrogens with one attached hydrogen (secondary N) is 1. The highest BCUT2D eigenvalue weighted by Crippen LogP contribution is 2.29. The van der Waals surface area contributed by atoms with E-state index in [1.807, 2.05) is 24.3 Å². The smallest absolute Gasteiger partial charge is 0.124 e. The minimum absolute atomic E-state index is 0.295. The summed E-state index contributed by atoms with van der Waals surface area (Å²) in [4.78, 5) is 0. The minimum Gasteiger partial charge on any atom is -0.497 e. The Kier molecular flexibility index (Phi) is 6.91. The van der Waals surface area contributed by atoms with Gasteiger partial charge in [-0.15, -0.1) is 0 Å². The first-order chi connectivity index (χ1) is 11.5. The second-order valence-electron chi connectivity index (χ2n) is 5.74. The van der Waals surface area contributed by atoms with Gasteiger partial charge in [-0.2, -0.15) is 0 Å². The summed E-state index contributed by atoms with van der Waals surface area (Å²) in [6.45, 7) is 3.29. The molecular formula is C19H24ClNO3. The molecule has 0 fully saturated rings. The molecule has 0 aromatic heterocycles. The van der Waals surface area contributed by atoms with E-state index in [0.717, 1.165) is 11.6 Å². The van der Waals surface area contributed by atoms with E-state index in [0.29, 0.717) is 29.5 Å². The van der Waals surface area contributed by atoms with Crippen molar-refractivity contribution in [3.63, 3.8) is 0 Å². The van der Waals surface area contributed by atoms with Crippen LogP contribution in [0.5, 0.6) is 11.5 Å². The van der Waals surface area contributed by atoms with Crippen molar-refractivity contribution >= 4 is 11.6 Å². The maximum atomic E-state index is 10.5. The molecule has 4 nitrogen and oxygen atoms in total. The van der Waals surface area contributed by atoms with Crippen molar-refractivity contribution < 1.29 is 14.6 Å². The maximum absolute atomic E-state index is 10.5. The lowest BCUT2D eigenvalue weighted by molar-refractivity contribution is 0.169. The Hall–Kier alpha value is -1.75. The van der Waals surface area contributed by atoms with Crippen LogP contribution in [0.1, 0.15) is 30.1 Å². The molecule has 0 aliphatic heterocycles. The van der Waals surface area contributed by atoms with Crippen LogP contribution in [-0.2, 0) is 0 Å². The van der Waals surface area contributed by atoms with Gasteiger partial charge in [0.05, 0.1) is 20.3 Å². The Morgan fingerprint density at radius 2 is 1.88 bits per heavy atom. The van der Waals surface area contributed by atoms with E-state index < -0.39 is 6.10 Å². The summed E-state index contributed by atoms with van der Waals surface area (Å²) in [6.07, 6.45) is -0.679. The number of aliphatic hydroxyl groups excluding tert-OH is 1. The third-order valence-corrected chi connectivity index (χ3v) is 4.24. The molecule has 0 aliphatic rings. The van der Waals surface area contributed by atoms with E-state index in [-0.39, 0.29) is 0 Å². The standard InChI is InChI=1S/C19H24ClNO3/c1-13(14-5-4-6-15(20)9-14)11-21-12-18(22)17-10-16(23-2)7-8-19(17)24-3/h4-10,13,18,21-22H,11-12H2,1-3H3/t13-,18+/m0/s1. The summed E-state index contributed by atoms with van der Waals surface area (Å²) in [5, 5.41) is 14.5. The fourth-order valence-corrected chi connectivity index (χ4v) is 2.78. The Morgan fingerprint density at radius 3 is 2.54 bits per heavy atom. The number of halogens is 1. The van der Waals surface area contributed by atoms with Crippen LogP contribution in [0.2, 0.25) is 5.02 Å².